The van der Waals surface area contributed by atoms with Crippen molar-refractivity contribution in [3.8, 4) is 11.6 Å². The van der Waals surface area contributed by atoms with Gasteiger partial charge in [-0.15, -0.1) is 0 Å². The molecule has 0 saturated carbocycles. The van der Waals surface area contributed by atoms with Crippen LogP contribution >= 0.6 is 0 Å². The van der Waals surface area contributed by atoms with Crippen molar-refractivity contribution >= 4 is 5.91 Å². The van der Waals surface area contributed by atoms with Crippen LogP contribution in [0.4, 0.5) is 13.2 Å². The zero-order chi connectivity index (χ0) is 20.1. The lowest BCUT2D eigenvalue weighted by Gasteiger charge is -2.15. The van der Waals surface area contributed by atoms with Crippen LogP contribution in [0.5, 0.6) is 5.88 Å². The number of rotatable bonds is 6. The van der Waals surface area contributed by atoms with Crippen molar-refractivity contribution in [2.45, 2.75) is 19.1 Å². The number of carbonyl (C=O) groups is 1. The Kier molecular flexibility index (Phi) is 5.62. The molecule has 146 valence electrons. The summed E-state index contributed by atoms with van der Waals surface area (Å²) in [6.07, 6.45) is 2.00. The second-order valence-electron chi connectivity index (χ2n) is 6.05. The first-order chi connectivity index (χ1) is 13.3. The smallest absolute Gasteiger partial charge is 0.422 e. The van der Waals surface area contributed by atoms with Crippen LogP contribution < -0.4 is 10.1 Å². The van der Waals surface area contributed by atoms with Crippen LogP contribution in [-0.2, 0) is 0 Å². The number of hydrogen-bond acceptors (Lipinski definition) is 4. The Labute approximate surface area is 159 Å². The molecule has 0 fully saturated rings. The number of nitrogens with zero attached hydrogens (tertiary/aromatic N) is 3. The Bertz CT molecular complexity index is 925. The van der Waals surface area contributed by atoms with Gasteiger partial charge in [-0.1, -0.05) is 12.1 Å². The van der Waals surface area contributed by atoms with E-state index in [1.54, 1.807) is 54.5 Å². The molecule has 6 nitrogen and oxygen atoms in total. The summed E-state index contributed by atoms with van der Waals surface area (Å²) in [7, 11) is 0. The molecule has 0 radical (unpaired) electrons. The number of carbonyl (C=O) groups excluding carboxylic acids is 1. The number of alkyl halides is 3. The monoisotopic (exact) mass is 390 g/mol. The summed E-state index contributed by atoms with van der Waals surface area (Å²) in [4.78, 5) is 20.3. The quantitative estimate of drug-likeness (QED) is 0.697. The standard InChI is InChI=1S/C19H17F3N4O2/c1-13(15-5-6-17(24-10-15)28-11-19(20,21)22)25-18(27)14-3-2-4-16(9-14)26-8-7-23-12-26/h2-10,12-13H,11H2,1H3,(H,25,27). The molecule has 0 bridgehead atoms. The minimum absolute atomic E-state index is 0.132. The second-order valence-corrected chi connectivity index (χ2v) is 6.05. The first-order valence-electron chi connectivity index (χ1n) is 8.36. The summed E-state index contributed by atoms with van der Waals surface area (Å²) in [6.45, 7) is 0.351. The van der Waals surface area contributed by atoms with Crippen molar-refractivity contribution in [2.24, 2.45) is 0 Å². The molecule has 0 aliphatic carbocycles. The molecule has 0 saturated heterocycles. The molecule has 0 aliphatic rings. The molecule has 0 aliphatic heterocycles. The third-order valence-electron chi connectivity index (χ3n) is 3.90. The van der Waals surface area contributed by atoms with Gasteiger partial charge in [0.25, 0.3) is 5.91 Å². The van der Waals surface area contributed by atoms with E-state index in [1.165, 1.54) is 12.3 Å². The van der Waals surface area contributed by atoms with E-state index in [4.69, 9.17) is 0 Å². The van der Waals surface area contributed by atoms with Crippen molar-refractivity contribution < 1.29 is 22.7 Å². The predicted molar refractivity (Wildman–Crippen MR) is 95.2 cm³/mol. The summed E-state index contributed by atoms with van der Waals surface area (Å²) < 4.78 is 42.9. The number of nitrogens with one attached hydrogen (secondary N) is 1. The van der Waals surface area contributed by atoms with Crippen molar-refractivity contribution in [3.63, 3.8) is 0 Å². The van der Waals surface area contributed by atoms with Gasteiger partial charge in [-0.3, -0.25) is 4.79 Å². The summed E-state index contributed by atoms with van der Waals surface area (Å²) in [6, 6.07) is 9.54. The van der Waals surface area contributed by atoms with E-state index in [0.29, 0.717) is 11.1 Å². The van der Waals surface area contributed by atoms with Gasteiger partial charge in [0.1, 0.15) is 0 Å². The van der Waals surface area contributed by atoms with E-state index >= 15 is 0 Å². The molecule has 1 amide bonds. The maximum atomic E-state index is 12.5. The number of hydrogen-bond donors (Lipinski definition) is 1. The maximum Gasteiger partial charge on any atom is 0.422 e. The summed E-state index contributed by atoms with van der Waals surface area (Å²) in [5, 5.41) is 2.84. The number of ether oxygens (including phenoxy) is 1. The molecular formula is C19H17F3N4O2. The van der Waals surface area contributed by atoms with E-state index in [-0.39, 0.29) is 11.8 Å². The van der Waals surface area contributed by atoms with E-state index in [0.717, 1.165) is 5.69 Å². The molecule has 9 heteroatoms. The zero-order valence-corrected chi connectivity index (χ0v) is 14.8. The Morgan fingerprint density at radius 2 is 2.11 bits per heavy atom. The maximum absolute atomic E-state index is 12.5. The minimum atomic E-state index is -4.42. The van der Waals surface area contributed by atoms with Crippen LogP contribution in [0.2, 0.25) is 0 Å². The summed E-state index contributed by atoms with van der Waals surface area (Å²) in [5.74, 6) is -0.417. The second kappa shape index (κ2) is 8.12. The number of halogens is 3. The highest BCUT2D eigenvalue weighted by atomic mass is 19.4. The van der Waals surface area contributed by atoms with Gasteiger partial charge in [0.05, 0.1) is 12.4 Å². The van der Waals surface area contributed by atoms with Gasteiger partial charge in [-0.2, -0.15) is 13.2 Å². The molecule has 0 spiro atoms. The van der Waals surface area contributed by atoms with E-state index in [2.05, 4.69) is 20.0 Å². The van der Waals surface area contributed by atoms with Crippen LogP contribution in [0.15, 0.2) is 61.3 Å². The Morgan fingerprint density at radius 1 is 1.29 bits per heavy atom. The number of pyridine rings is 1. The fraction of sp³-hybridized carbons (Fsp3) is 0.211. The molecule has 28 heavy (non-hydrogen) atoms. The highest BCUT2D eigenvalue weighted by Gasteiger charge is 2.28. The lowest BCUT2D eigenvalue weighted by Crippen LogP contribution is -2.26. The third kappa shape index (κ3) is 5.09. The van der Waals surface area contributed by atoms with Crippen LogP contribution in [0, 0.1) is 0 Å². The minimum Gasteiger partial charge on any atom is -0.468 e. The molecule has 1 atom stereocenters. The van der Waals surface area contributed by atoms with Crippen molar-refractivity contribution in [2.75, 3.05) is 6.61 Å². The highest BCUT2D eigenvalue weighted by molar-refractivity contribution is 5.95. The number of aromatic nitrogens is 3. The normalized spacial score (nSPS) is 12.4. The molecule has 3 rings (SSSR count). The van der Waals surface area contributed by atoms with Crippen LogP contribution in [-0.4, -0.2) is 33.2 Å². The lowest BCUT2D eigenvalue weighted by atomic mass is 10.1. The fourth-order valence-corrected chi connectivity index (χ4v) is 2.47. The number of benzene rings is 1. The van der Waals surface area contributed by atoms with Crippen molar-refractivity contribution in [1.29, 1.82) is 0 Å². The van der Waals surface area contributed by atoms with E-state index < -0.39 is 18.8 Å². The van der Waals surface area contributed by atoms with Gasteiger partial charge < -0.3 is 14.6 Å². The average molecular weight is 390 g/mol. The topological polar surface area (TPSA) is 69.0 Å². The molecule has 1 unspecified atom stereocenters. The van der Waals surface area contributed by atoms with Gasteiger partial charge in [0, 0.05) is 35.9 Å². The Balaban J connectivity index is 1.63. The predicted octanol–water partition coefficient (Wildman–Crippen LogP) is 3.70. The average Bonchev–Trinajstić information content (AvgIpc) is 3.21. The number of amides is 1. The summed E-state index contributed by atoms with van der Waals surface area (Å²) >= 11 is 0. The Hall–Kier alpha value is -3.36. The largest absolute Gasteiger partial charge is 0.468 e. The van der Waals surface area contributed by atoms with Crippen molar-refractivity contribution in [1.82, 2.24) is 19.9 Å². The zero-order valence-electron chi connectivity index (χ0n) is 14.8. The van der Waals surface area contributed by atoms with Gasteiger partial charge in [0.15, 0.2) is 6.61 Å². The van der Waals surface area contributed by atoms with Crippen LogP contribution in [0.25, 0.3) is 5.69 Å². The molecule has 2 heterocycles. The molecule has 1 N–H and O–H groups in total. The first kappa shape index (κ1) is 19.4. The van der Waals surface area contributed by atoms with Crippen LogP contribution in [0.3, 0.4) is 0 Å². The molecule has 3 aromatic rings. The number of imidazole rings is 1. The van der Waals surface area contributed by atoms with Gasteiger partial charge >= 0.3 is 6.18 Å². The van der Waals surface area contributed by atoms with E-state index in [9.17, 15) is 18.0 Å². The molecular weight excluding hydrogens is 373 g/mol. The van der Waals surface area contributed by atoms with Gasteiger partial charge in [0.2, 0.25) is 5.88 Å². The van der Waals surface area contributed by atoms with Crippen molar-refractivity contribution in [3.05, 3.63) is 72.4 Å². The highest BCUT2D eigenvalue weighted by Crippen LogP contribution is 2.19. The third-order valence-corrected chi connectivity index (χ3v) is 3.90. The van der Waals surface area contributed by atoms with Gasteiger partial charge in [-0.05, 0) is 30.7 Å². The Morgan fingerprint density at radius 3 is 2.75 bits per heavy atom. The SMILES string of the molecule is CC(NC(=O)c1cccc(-n2ccnc2)c1)c1ccc(OCC(F)(F)F)nc1. The van der Waals surface area contributed by atoms with E-state index in [1.807, 2.05) is 6.07 Å². The van der Waals surface area contributed by atoms with Gasteiger partial charge in [-0.25, -0.2) is 9.97 Å². The first-order valence-corrected chi connectivity index (χ1v) is 8.36. The molecule has 1 aromatic carbocycles. The molecule has 2 aromatic heterocycles. The fourth-order valence-electron chi connectivity index (χ4n) is 2.47. The lowest BCUT2D eigenvalue weighted by molar-refractivity contribution is -0.154. The summed E-state index contributed by atoms with van der Waals surface area (Å²) in [5.41, 5.74) is 1.90. The van der Waals surface area contributed by atoms with Crippen LogP contribution in [0.1, 0.15) is 28.9 Å².